The maximum atomic E-state index is 12.5. The van der Waals surface area contributed by atoms with Gasteiger partial charge in [-0.2, -0.15) is 4.99 Å². The number of carbonyl (C=O) groups excluding carboxylic acids is 3. The molecule has 4 rings (SSSR count). The summed E-state index contributed by atoms with van der Waals surface area (Å²) in [5.74, 6) is -1.28. The average Bonchev–Trinajstić information content (AvgIpc) is 3.12. The number of Topliss-reactive ketones (excluding diaryl/α,β-unsaturated/α-hetero) is 1. The van der Waals surface area contributed by atoms with E-state index in [4.69, 9.17) is 0 Å². The van der Waals surface area contributed by atoms with E-state index in [1.165, 1.54) is 4.90 Å². The minimum absolute atomic E-state index is 0.183. The lowest BCUT2D eigenvalue weighted by atomic mass is 9.78. The van der Waals surface area contributed by atoms with E-state index in [0.717, 1.165) is 31.4 Å². The van der Waals surface area contributed by atoms with Gasteiger partial charge in [0.05, 0.1) is 0 Å². The fraction of sp³-hybridized carbons (Fsp3) is 0.526. The van der Waals surface area contributed by atoms with E-state index in [2.05, 4.69) is 9.98 Å². The molecule has 2 aliphatic heterocycles. The average molecular weight is 354 g/mol. The molecule has 3 aliphatic rings. The quantitative estimate of drug-likeness (QED) is 0.596. The molecule has 0 bridgehead atoms. The predicted octanol–water partition coefficient (Wildman–Crippen LogP) is 0.934. The van der Waals surface area contributed by atoms with E-state index in [1.54, 1.807) is 18.1 Å². The van der Waals surface area contributed by atoms with E-state index >= 15 is 0 Å². The van der Waals surface area contributed by atoms with Crippen LogP contribution in [0.4, 0.5) is 0 Å². The fourth-order valence-electron chi connectivity index (χ4n) is 4.42. The molecule has 1 aromatic rings. The molecule has 3 heterocycles. The van der Waals surface area contributed by atoms with Gasteiger partial charge < -0.3 is 9.80 Å². The molecule has 0 spiro atoms. The van der Waals surface area contributed by atoms with Crippen molar-refractivity contribution in [2.24, 2.45) is 4.99 Å². The van der Waals surface area contributed by atoms with E-state index < -0.39 is 17.7 Å². The Morgan fingerprint density at radius 1 is 1.15 bits per heavy atom. The van der Waals surface area contributed by atoms with Crippen LogP contribution in [0.3, 0.4) is 0 Å². The number of carbonyl (C=O) groups is 3. The van der Waals surface area contributed by atoms with Crippen molar-refractivity contribution in [3.63, 3.8) is 0 Å². The SMILES string of the molecule is CN1CCN2C(CC3(c4ccccn4)CCCC3)=NC(=O)C(=O)C2C1=O. The Morgan fingerprint density at radius 3 is 2.62 bits per heavy atom. The van der Waals surface area contributed by atoms with Crippen LogP contribution in [0.2, 0.25) is 0 Å². The Labute approximate surface area is 152 Å². The molecule has 7 heteroatoms. The number of aliphatic imine (C=N–C) groups is 1. The zero-order valence-electron chi connectivity index (χ0n) is 14.9. The van der Waals surface area contributed by atoms with Gasteiger partial charge in [0.15, 0.2) is 6.04 Å². The number of ketones is 1. The highest BCUT2D eigenvalue weighted by Crippen LogP contribution is 2.44. The third-order valence-corrected chi connectivity index (χ3v) is 5.88. The lowest BCUT2D eigenvalue weighted by Gasteiger charge is -2.43. The molecule has 1 unspecified atom stereocenters. The van der Waals surface area contributed by atoms with Crippen LogP contribution in [0.5, 0.6) is 0 Å². The summed E-state index contributed by atoms with van der Waals surface area (Å²) in [5.41, 5.74) is 0.819. The van der Waals surface area contributed by atoms with E-state index in [9.17, 15) is 14.4 Å². The van der Waals surface area contributed by atoms with Gasteiger partial charge in [-0.25, -0.2) is 0 Å². The van der Waals surface area contributed by atoms with Gasteiger partial charge in [-0.1, -0.05) is 18.9 Å². The van der Waals surface area contributed by atoms with Crippen molar-refractivity contribution in [1.82, 2.24) is 14.8 Å². The Bertz CT molecular complexity index is 783. The van der Waals surface area contributed by atoms with E-state index in [1.807, 2.05) is 18.2 Å². The highest BCUT2D eigenvalue weighted by molar-refractivity contribution is 6.45. The van der Waals surface area contributed by atoms with Crippen molar-refractivity contribution in [3.8, 4) is 0 Å². The van der Waals surface area contributed by atoms with Crippen molar-refractivity contribution >= 4 is 23.4 Å². The number of aromatic nitrogens is 1. The molecule has 2 fully saturated rings. The summed E-state index contributed by atoms with van der Waals surface area (Å²) in [6, 6.07) is 4.84. The number of likely N-dealkylation sites (N-methyl/N-ethyl adjacent to an activating group) is 1. The maximum absolute atomic E-state index is 12.5. The van der Waals surface area contributed by atoms with Gasteiger partial charge in [-0.15, -0.1) is 0 Å². The molecule has 1 atom stereocenters. The highest BCUT2D eigenvalue weighted by Gasteiger charge is 2.48. The molecule has 0 radical (unpaired) electrons. The van der Waals surface area contributed by atoms with Crippen LogP contribution in [-0.4, -0.2) is 64.4 Å². The van der Waals surface area contributed by atoms with Crippen molar-refractivity contribution < 1.29 is 14.4 Å². The third kappa shape index (κ3) is 2.62. The fourth-order valence-corrected chi connectivity index (χ4v) is 4.42. The molecule has 0 N–H and O–H groups in total. The van der Waals surface area contributed by atoms with E-state index in [-0.39, 0.29) is 11.3 Å². The molecule has 7 nitrogen and oxygen atoms in total. The number of hydrogen-bond donors (Lipinski definition) is 0. The number of piperazine rings is 1. The number of hydrogen-bond acceptors (Lipinski definition) is 5. The largest absolute Gasteiger partial charge is 0.342 e. The molecule has 1 saturated carbocycles. The number of amides is 2. The van der Waals surface area contributed by atoms with Crippen LogP contribution in [-0.2, 0) is 19.8 Å². The predicted molar refractivity (Wildman–Crippen MR) is 94.6 cm³/mol. The number of rotatable bonds is 3. The van der Waals surface area contributed by atoms with E-state index in [0.29, 0.717) is 25.3 Å². The van der Waals surface area contributed by atoms with Crippen LogP contribution in [0.25, 0.3) is 0 Å². The maximum Gasteiger partial charge on any atom is 0.317 e. The van der Waals surface area contributed by atoms with Crippen molar-refractivity contribution in [1.29, 1.82) is 0 Å². The molecule has 2 amide bonds. The molecular formula is C19H22N4O3. The van der Waals surface area contributed by atoms with Gasteiger partial charge in [0, 0.05) is 43.9 Å². The van der Waals surface area contributed by atoms with Crippen molar-refractivity contribution in [3.05, 3.63) is 30.1 Å². The van der Waals surface area contributed by atoms with Gasteiger partial charge in [-0.05, 0) is 25.0 Å². The van der Waals surface area contributed by atoms with Crippen LogP contribution in [0.1, 0.15) is 37.8 Å². The van der Waals surface area contributed by atoms with Crippen LogP contribution >= 0.6 is 0 Å². The standard InChI is InChI=1S/C19H22N4O3/c1-22-10-11-23-14(21-17(25)16(24)15(23)18(22)26)12-19(7-3-4-8-19)13-6-2-5-9-20-13/h2,5-6,9,15H,3-4,7-8,10-12H2,1H3. The molecule has 136 valence electrons. The number of pyridine rings is 1. The number of nitrogens with zero attached hydrogens (tertiary/aromatic N) is 4. The minimum Gasteiger partial charge on any atom is -0.342 e. The van der Waals surface area contributed by atoms with Crippen LogP contribution in [0.15, 0.2) is 29.4 Å². The highest BCUT2D eigenvalue weighted by atomic mass is 16.2. The van der Waals surface area contributed by atoms with Crippen molar-refractivity contribution in [2.75, 3.05) is 20.1 Å². The van der Waals surface area contributed by atoms with Gasteiger partial charge in [-0.3, -0.25) is 19.4 Å². The summed E-state index contributed by atoms with van der Waals surface area (Å²) in [6.07, 6.45) is 6.46. The molecule has 1 aromatic heterocycles. The third-order valence-electron chi connectivity index (χ3n) is 5.88. The summed E-state index contributed by atoms with van der Waals surface area (Å²) in [4.78, 5) is 48.9. The summed E-state index contributed by atoms with van der Waals surface area (Å²) in [6.45, 7) is 1.04. The molecular weight excluding hydrogens is 332 g/mol. The van der Waals surface area contributed by atoms with Crippen LogP contribution in [0, 0.1) is 0 Å². The molecule has 26 heavy (non-hydrogen) atoms. The second-order valence-corrected chi connectivity index (χ2v) is 7.43. The Morgan fingerprint density at radius 2 is 1.92 bits per heavy atom. The first-order valence-corrected chi connectivity index (χ1v) is 9.11. The number of fused-ring (bicyclic) bond motifs is 1. The van der Waals surface area contributed by atoms with Gasteiger partial charge in [0.25, 0.3) is 11.7 Å². The summed E-state index contributed by atoms with van der Waals surface area (Å²) in [7, 11) is 1.66. The van der Waals surface area contributed by atoms with Gasteiger partial charge in [0.1, 0.15) is 5.84 Å². The Hall–Kier alpha value is -2.57. The Balaban J connectivity index is 1.70. The molecule has 1 aliphatic carbocycles. The number of amidine groups is 1. The summed E-state index contributed by atoms with van der Waals surface area (Å²) in [5, 5.41) is 0. The second-order valence-electron chi connectivity index (χ2n) is 7.43. The van der Waals surface area contributed by atoms with Crippen molar-refractivity contribution in [2.45, 2.75) is 43.6 Å². The topological polar surface area (TPSA) is 82.9 Å². The minimum atomic E-state index is -1.05. The smallest absolute Gasteiger partial charge is 0.317 e. The van der Waals surface area contributed by atoms with Crippen LogP contribution < -0.4 is 0 Å². The Kier molecular flexibility index (Phi) is 4.09. The summed E-state index contributed by atoms with van der Waals surface area (Å²) >= 11 is 0. The van der Waals surface area contributed by atoms with Gasteiger partial charge in [0.2, 0.25) is 0 Å². The first kappa shape index (κ1) is 16.9. The first-order chi connectivity index (χ1) is 12.5. The second kappa shape index (κ2) is 6.30. The first-order valence-electron chi connectivity index (χ1n) is 9.11. The normalized spacial score (nSPS) is 25.3. The zero-order valence-corrected chi connectivity index (χ0v) is 14.9. The monoisotopic (exact) mass is 354 g/mol. The lowest BCUT2D eigenvalue weighted by molar-refractivity contribution is -0.149. The van der Waals surface area contributed by atoms with Gasteiger partial charge >= 0.3 is 5.91 Å². The molecule has 1 saturated heterocycles. The lowest BCUT2D eigenvalue weighted by Crippen LogP contribution is -2.64. The zero-order chi connectivity index (χ0) is 18.3. The molecule has 0 aromatic carbocycles. The summed E-state index contributed by atoms with van der Waals surface area (Å²) < 4.78 is 0.